The van der Waals surface area contributed by atoms with Gasteiger partial charge in [-0.3, -0.25) is 4.79 Å². The second-order valence-electron chi connectivity index (χ2n) is 6.94. The fraction of sp³-hybridized carbons (Fsp3) is 0.632. The lowest BCUT2D eigenvalue weighted by molar-refractivity contribution is 0.0543. The van der Waals surface area contributed by atoms with E-state index in [0.717, 1.165) is 35.3 Å². The summed E-state index contributed by atoms with van der Waals surface area (Å²) in [5, 5.41) is 0. The lowest BCUT2D eigenvalue weighted by Gasteiger charge is -2.41. The zero-order valence-corrected chi connectivity index (χ0v) is 15.3. The Labute approximate surface area is 140 Å². The maximum absolute atomic E-state index is 13.1. The normalized spacial score (nSPS) is 21.3. The van der Waals surface area contributed by atoms with Crippen LogP contribution >= 0.6 is 0 Å². The molecule has 1 fully saturated rings. The molecule has 0 aromatic heterocycles. The van der Waals surface area contributed by atoms with E-state index in [1.807, 2.05) is 37.9 Å². The third-order valence-corrected chi connectivity index (χ3v) is 5.13. The second-order valence-corrected chi connectivity index (χ2v) is 6.94. The Bertz CT molecular complexity index is 545. The van der Waals surface area contributed by atoms with Gasteiger partial charge in [0.15, 0.2) is 0 Å². The van der Waals surface area contributed by atoms with Crippen LogP contribution in [0, 0.1) is 13.8 Å². The summed E-state index contributed by atoms with van der Waals surface area (Å²) in [6, 6.07) is 4.61. The van der Waals surface area contributed by atoms with Crippen LogP contribution in [0.3, 0.4) is 0 Å². The van der Waals surface area contributed by atoms with Crippen molar-refractivity contribution < 1.29 is 9.53 Å². The van der Waals surface area contributed by atoms with Crippen LogP contribution in [0.2, 0.25) is 0 Å². The first-order valence-corrected chi connectivity index (χ1v) is 8.45. The van der Waals surface area contributed by atoms with Crippen LogP contribution in [0.1, 0.15) is 47.2 Å². The fourth-order valence-corrected chi connectivity index (χ4v) is 3.85. The molecule has 4 heteroatoms. The number of ether oxygens (including phenoxy) is 1. The summed E-state index contributed by atoms with van der Waals surface area (Å²) < 4.78 is 5.30. The molecule has 1 aliphatic carbocycles. The summed E-state index contributed by atoms with van der Waals surface area (Å²) in [6.07, 6.45) is 4.70. The SMILES string of the molecule is COc1cc(C)c(C(=O)N(C)[C@@H]2CCCC[C@H]2N(C)C)c(C)c1. The third-order valence-electron chi connectivity index (χ3n) is 5.13. The van der Waals surface area contributed by atoms with E-state index in [-0.39, 0.29) is 11.9 Å². The summed E-state index contributed by atoms with van der Waals surface area (Å²) in [5.41, 5.74) is 2.78. The molecule has 0 bridgehead atoms. The van der Waals surface area contributed by atoms with Gasteiger partial charge in [-0.05, 0) is 64.0 Å². The molecule has 0 saturated heterocycles. The van der Waals surface area contributed by atoms with Crippen LogP contribution in [0.4, 0.5) is 0 Å². The number of benzene rings is 1. The predicted octanol–water partition coefficient (Wildman–Crippen LogP) is 3.26. The summed E-state index contributed by atoms with van der Waals surface area (Å²) in [5.74, 6) is 0.935. The monoisotopic (exact) mass is 318 g/mol. The van der Waals surface area contributed by atoms with Gasteiger partial charge < -0.3 is 14.5 Å². The minimum atomic E-state index is 0.126. The van der Waals surface area contributed by atoms with Crippen molar-refractivity contribution in [1.82, 2.24) is 9.80 Å². The number of carbonyl (C=O) groups excluding carboxylic acids is 1. The summed E-state index contributed by atoms with van der Waals surface area (Å²) in [4.78, 5) is 17.3. The van der Waals surface area contributed by atoms with Crippen molar-refractivity contribution in [1.29, 1.82) is 0 Å². The predicted molar refractivity (Wildman–Crippen MR) is 94.3 cm³/mol. The van der Waals surface area contributed by atoms with Gasteiger partial charge in [0.1, 0.15) is 5.75 Å². The zero-order chi connectivity index (χ0) is 17.1. The highest BCUT2D eigenvalue weighted by Crippen LogP contribution is 2.28. The molecule has 23 heavy (non-hydrogen) atoms. The number of rotatable bonds is 4. The first-order valence-electron chi connectivity index (χ1n) is 8.45. The summed E-state index contributed by atoms with van der Waals surface area (Å²) >= 11 is 0. The molecule has 1 aromatic rings. The number of likely N-dealkylation sites (N-methyl/N-ethyl adjacent to an activating group) is 2. The molecule has 0 N–H and O–H groups in total. The largest absolute Gasteiger partial charge is 0.497 e. The van der Waals surface area contributed by atoms with Gasteiger partial charge in [-0.25, -0.2) is 0 Å². The first-order chi connectivity index (χ1) is 10.9. The van der Waals surface area contributed by atoms with Crippen LogP contribution in [0.5, 0.6) is 5.75 Å². The minimum absolute atomic E-state index is 0.126. The van der Waals surface area contributed by atoms with E-state index in [0.29, 0.717) is 6.04 Å². The second kappa shape index (κ2) is 7.35. The number of hydrogen-bond acceptors (Lipinski definition) is 3. The Morgan fingerprint density at radius 1 is 1.04 bits per heavy atom. The topological polar surface area (TPSA) is 32.8 Å². The molecule has 0 aliphatic heterocycles. The van der Waals surface area contributed by atoms with E-state index in [1.54, 1.807) is 7.11 Å². The van der Waals surface area contributed by atoms with Crippen molar-refractivity contribution in [3.8, 4) is 5.75 Å². The Hall–Kier alpha value is -1.55. The van der Waals surface area contributed by atoms with E-state index in [2.05, 4.69) is 19.0 Å². The quantitative estimate of drug-likeness (QED) is 0.854. The molecule has 128 valence electrons. The number of aryl methyl sites for hydroxylation is 2. The minimum Gasteiger partial charge on any atom is -0.497 e. The lowest BCUT2D eigenvalue weighted by Crippen LogP contribution is -2.52. The number of nitrogens with zero attached hydrogens (tertiary/aromatic N) is 2. The van der Waals surface area contributed by atoms with Crippen molar-refractivity contribution in [3.63, 3.8) is 0 Å². The average molecular weight is 318 g/mol. The van der Waals surface area contributed by atoms with Crippen molar-refractivity contribution in [3.05, 3.63) is 28.8 Å². The van der Waals surface area contributed by atoms with Gasteiger partial charge in [0.25, 0.3) is 5.91 Å². The molecule has 4 nitrogen and oxygen atoms in total. The van der Waals surface area contributed by atoms with Crippen molar-refractivity contribution >= 4 is 5.91 Å². The standard InChI is InChI=1S/C19H30N2O2/c1-13-11-15(23-6)12-14(2)18(13)19(22)21(5)17-10-8-7-9-16(17)20(3)4/h11-12,16-17H,7-10H2,1-6H3/t16-,17-/m1/s1. The third kappa shape index (κ3) is 3.69. The van der Waals surface area contributed by atoms with Crippen molar-refractivity contribution in [2.24, 2.45) is 0 Å². The highest BCUT2D eigenvalue weighted by molar-refractivity contribution is 5.97. The Balaban J connectivity index is 2.29. The van der Waals surface area contributed by atoms with Gasteiger partial charge in [-0.2, -0.15) is 0 Å². The molecule has 2 atom stereocenters. The maximum atomic E-state index is 13.1. The van der Waals surface area contributed by atoms with Gasteiger partial charge in [-0.15, -0.1) is 0 Å². The smallest absolute Gasteiger partial charge is 0.254 e. The van der Waals surface area contributed by atoms with Gasteiger partial charge in [0.05, 0.1) is 7.11 Å². The number of carbonyl (C=O) groups is 1. The number of amides is 1. The molecule has 0 spiro atoms. The average Bonchev–Trinajstić information content (AvgIpc) is 2.53. The molecule has 0 radical (unpaired) electrons. The number of methoxy groups -OCH3 is 1. The molecule has 0 unspecified atom stereocenters. The Kier molecular flexibility index (Phi) is 5.69. The van der Waals surface area contributed by atoms with E-state index in [1.165, 1.54) is 12.8 Å². The highest BCUT2D eigenvalue weighted by Gasteiger charge is 2.33. The van der Waals surface area contributed by atoms with Crippen LogP contribution < -0.4 is 4.74 Å². The molecular weight excluding hydrogens is 288 g/mol. The van der Waals surface area contributed by atoms with Crippen LogP contribution in [-0.4, -0.2) is 56.0 Å². The summed E-state index contributed by atoms with van der Waals surface area (Å²) in [6.45, 7) is 3.97. The molecular formula is C19H30N2O2. The van der Waals surface area contributed by atoms with Gasteiger partial charge >= 0.3 is 0 Å². The Morgan fingerprint density at radius 3 is 2.04 bits per heavy atom. The molecule has 0 heterocycles. The van der Waals surface area contributed by atoms with Crippen LogP contribution in [-0.2, 0) is 0 Å². The number of hydrogen-bond donors (Lipinski definition) is 0. The Morgan fingerprint density at radius 2 is 1.57 bits per heavy atom. The van der Waals surface area contributed by atoms with E-state index >= 15 is 0 Å². The first kappa shape index (κ1) is 17.8. The van der Waals surface area contributed by atoms with E-state index < -0.39 is 0 Å². The van der Waals surface area contributed by atoms with Gasteiger partial charge in [0.2, 0.25) is 0 Å². The van der Waals surface area contributed by atoms with E-state index in [4.69, 9.17) is 4.74 Å². The molecule has 1 aliphatic rings. The highest BCUT2D eigenvalue weighted by atomic mass is 16.5. The molecule has 2 rings (SSSR count). The maximum Gasteiger partial charge on any atom is 0.254 e. The lowest BCUT2D eigenvalue weighted by atomic mass is 9.88. The zero-order valence-electron chi connectivity index (χ0n) is 15.3. The van der Waals surface area contributed by atoms with E-state index in [9.17, 15) is 4.79 Å². The van der Waals surface area contributed by atoms with Crippen molar-refractivity contribution in [2.75, 3.05) is 28.3 Å². The molecule has 1 saturated carbocycles. The van der Waals surface area contributed by atoms with Gasteiger partial charge in [-0.1, -0.05) is 12.8 Å². The molecule has 1 aromatic carbocycles. The van der Waals surface area contributed by atoms with Gasteiger partial charge in [0, 0.05) is 24.7 Å². The van der Waals surface area contributed by atoms with Crippen molar-refractivity contribution in [2.45, 2.75) is 51.6 Å². The van der Waals surface area contributed by atoms with Crippen LogP contribution in [0.15, 0.2) is 12.1 Å². The molecule has 1 amide bonds. The summed E-state index contributed by atoms with van der Waals surface area (Å²) in [7, 11) is 7.85. The van der Waals surface area contributed by atoms with Crippen LogP contribution in [0.25, 0.3) is 0 Å². The fourth-order valence-electron chi connectivity index (χ4n) is 3.85.